The molecule has 0 aliphatic rings. The van der Waals surface area contributed by atoms with Gasteiger partial charge in [0.2, 0.25) is 0 Å². The van der Waals surface area contributed by atoms with Crippen LogP contribution in [-0.4, -0.2) is 23.5 Å². The van der Waals surface area contributed by atoms with Gasteiger partial charge >= 0.3 is 5.97 Å². The van der Waals surface area contributed by atoms with Gasteiger partial charge in [-0.25, -0.2) is 8.78 Å². The van der Waals surface area contributed by atoms with Crippen molar-refractivity contribution < 1.29 is 18.7 Å². The molecule has 0 aromatic rings. The Morgan fingerprint density at radius 2 is 2.00 bits per heavy atom. The SMILES string of the molecule is Cl.N[C@H](CCC(=O)O)C(F)F. The van der Waals surface area contributed by atoms with E-state index in [1.54, 1.807) is 0 Å². The van der Waals surface area contributed by atoms with E-state index in [9.17, 15) is 13.6 Å². The van der Waals surface area contributed by atoms with Gasteiger partial charge in [-0.2, -0.15) is 0 Å². The van der Waals surface area contributed by atoms with Crippen molar-refractivity contribution in [1.82, 2.24) is 0 Å². The molecular formula is C5H10ClF2NO2. The van der Waals surface area contributed by atoms with Gasteiger partial charge in [-0.1, -0.05) is 0 Å². The maximum atomic E-state index is 11.6. The summed E-state index contributed by atoms with van der Waals surface area (Å²) in [6.45, 7) is 0. The number of alkyl halides is 2. The molecule has 1 atom stereocenters. The summed E-state index contributed by atoms with van der Waals surface area (Å²) < 4.78 is 23.1. The van der Waals surface area contributed by atoms with Crippen molar-refractivity contribution in [1.29, 1.82) is 0 Å². The van der Waals surface area contributed by atoms with E-state index >= 15 is 0 Å². The van der Waals surface area contributed by atoms with Crippen molar-refractivity contribution in [3.05, 3.63) is 0 Å². The third-order valence-corrected chi connectivity index (χ3v) is 1.02. The highest BCUT2D eigenvalue weighted by atomic mass is 35.5. The Kier molecular flexibility index (Phi) is 7.55. The van der Waals surface area contributed by atoms with E-state index in [0.717, 1.165) is 0 Å². The molecule has 0 aliphatic heterocycles. The molecule has 6 heteroatoms. The second kappa shape index (κ2) is 6.30. The first-order valence-corrected chi connectivity index (χ1v) is 2.79. The van der Waals surface area contributed by atoms with Gasteiger partial charge in [0.1, 0.15) is 0 Å². The summed E-state index contributed by atoms with van der Waals surface area (Å²) >= 11 is 0. The highest BCUT2D eigenvalue weighted by molar-refractivity contribution is 5.85. The molecule has 0 aromatic carbocycles. The molecule has 68 valence electrons. The van der Waals surface area contributed by atoms with Crippen LogP contribution >= 0.6 is 12.4 Å². The molecule has 0 fully saturated rings. The zero-order valence-electron chi connectivity index (χ0n) is 5.67. The first kappa shape index (κ1) is 13.2. The number of carboxylic acid groups (broad SMARTS) is 1. The molecule has 11 heavy (non-hydrogen) atoms. The predicted molar refractivity (Wildman–Crippen MR) is 38.1 cm³/mol. The zero-order valence-corrected chi connectivity index (χ0v) is 6.48. The molecule has 0 bridgehead atoms. The van der Waals surface area contributed by atoms with E-state index < -0.39 is 18.4 Å². The fourth-order valence-electron chi connectivity index (χ4n) is 0.416. The monoisotopic (exact) mass is 189 g/mol. The summed E-state index contributed by atoms with van der Waals surface area (Å²) in [6, 6.07) is -1.31. The third-order valence-electron chi connectivity index (χ3n) is 1.02. The van der Waals surface area contributed by atoms with Crippen molar-refractivity contribution in [2.24, 2.45) is 5.73 Å². The van der Waals surface area contributed by atoms with Crippen molar-refractivity contribution in [3.8, 4) is 0 Å². The lowest BCUT2D eigenvalue weighted by atomic mass is 10.2. The van der Waals surface area contributed by atoms with E-state index in [2.05, 4.69) is 0 Å². The molecule has 0 spiro atoms. The Hall–Kier alpha value is -0.420. The van der Waals surface area contributed by atoms with Crippen LogP contribution in [0.5, 0.6) is 0 Å². The summed E-state index contributed by atoms with van der Waals surface area (Å²) in [5, 5.41) is 8.04. The number of hydrogen-bond acceptors (Lipinski definition) is 2. The second-order valence-electron chi connectivity index (χ2n) is 1.93. The highest BCUT2D eigenvalue weighted by Gasteiger charge is 2.15. The Labute approximate surface area is 69.0 Å². The van der Waals surface area contributed by atoms with Gasteiger partial charge in [0.25, 0.3) is 6.43 Å². The summed E-state index contributed by atoms with van der Waals surface area (Å²) in [7, 11) is 0. The minimum atomic E-state index is -2.63. The Balaban J connectivity index is 0. The van der Waals surface area contributed by atoms with Crippen molar-refractivity contribution in [3.63, 3.8) is 0 Å². The molecule has 0 saturated carbocycles. The van der Waals surface area contributed by atoms with E-state index in [1.807, 2.05) is 0 Å². The van der Waals surface area contributed by atoms with E-state index in [4.69, 9.17) is 10.8 Å². The van der Waals surface area contributed by atoms with Crippen molar-refractivity contribution in [2.45, 2.75) is 25.3 Å². The number of carboxylic acids is 1. The topological polar surface area (TPSA) is 63.3 Å². The number of aliphatic carboxylic acids is 1. The van der Waals surface area contributed by atoms with E-state index in [0.29, 0.717) is 0 Å². The third kappa shape index (κ3) is 7.48. The fraction of sp³-hybridized carbons (Fsp3) is 0.800. The summed E-state index contributed by atoms with van der Waals surface area (Å²) in [5.74, 6) is -1.10. The normalized spacial score (nSPS) is 12.4. The number of carbonyl (C=O) groups is 1. The van der Waals surface area contributed by atoms with Gasteiger partial charge < -0.3 is 10.8 Å². The van der Waals surface area contributed by atoms with Crippen LogP contribution in [0, 0.1) is 0 Å². The first-order valence-electron chi connectivity index (χ1n) is 2.79. The fourth-order valence-corrected chi connectivity index (χ4v) is 0.416. The molecule has 0 aliphatic carbocycles. The smallest absolute Gasteiger partial charge is 0.303 e. The lowest BCUT2D eigenvalue weighted by Crippen LogP contribution is -2.29. The average Bonchev–Trinajstić information content (AvgIpc) is 1.82. The maximum absolute atomic E-state index is 11.6. The molecule has 0 radical (unpaired) electrons. The molecule has 3 nitrogen and oxygen atoms in total. The molecule has 0 unspecified atom stereocenters. The summed E-state index contributed by atoms with van der Waals surface area (Å²) in [5.41, 5.74) is 4.85. The zero-order chi connectivity index (χ0) is 8.15. The number of halogens is 3. The van der Waals surface area contributed by atoms with Gasteiger partial charge in [0, 0.05) is 6.42 Å². The van der Waals surface area contributed by atoms with Crippen LogP contribution in [0.1, 0.15) is 12.8 Å². The molecular weight excluding hydrogens is 180 g/mol. The second-order valence-corrected chi connectivity index (χ2v) is 1.93. The standard InChI is InChI=1S/C5H9F2NO2.ClH/c6-5(7)3(8)1-2-4(9)10;/h3,5H,1-2,8H2,(H,9,10);1H/t3-;/m1./s1. The molecule has 0 rings (SSSR count). The predicted octanol–water partition coefficient (Wildman–Crippen LogP) is 0.865. The number of rotatable bonds is 4. The van der Waals surface area contributed by atoms with Crippen LogP contribution in [0.3, 0.4) is 0 Å². The van der Waals surface area contributed by atoms with Crippen molar-refractivity contribution >= 4 is 18.4 Å². The van der Waals surface area contributed by atoms with Crippen LogP contribution in [-0.2, 0) is 4.79 Å². The van der Waals surface area contributed by atoms with E-state index in [1.165, 1.54) is 0 Å². The van der Waals surface area contributed by atoms with Crippen LogP contribution in [0.15, 0.2) is 0 Å². The van der Waals surface area contributed by atoms with Crippen LogP contribution in [0.2, 0.25) is 0 Å². The van der Waals surface area contributed by atoms with E-state index in [-0.39, 0.29) is 25.2 Å². The Morgan fingerprint density at radius 1 is 1.55 bits per heavy atom. The molecule has 0 heterocycles. The summed E-state index contributed by atoms with van der Waals surface area (Å²) in [6.07, 6.45) is -3.10. The molecule has 0 saturated heterocycles. The first-order chi connectivity index (χ1) is 4.54. The summed E-state index contributed by atoms with van der Waals surface area (Å²) in [4.78, 5) is 9.83. The molecule has 0 amide bonds. The maximum Gasteiger partial charge on any atom is 0.303 e. The molecule has 3 N–H and O–H groups in total. The van der Waals surface area contributed by atoms with Gasteiger partial charge in [0.05, 0.1) is 6.04 Å². The van der Waals surface area contributed by atoms with Gasteiger partial charge in [-0.05, 0) is 6.42 Å². The molecule has 0 aromatic heterocycles. The lowest BCUT2D eigenvalue weighted by molar-refractivity contribution is -0.137. The van der Waals surface area contributed by atoms with Crippen LogP contribution in [0.25, 0.3) is 0 Å². The van der Waals surface area contributed by atoms with Crippen molar-refractivity contribution in [2.75, 3.05) is 0 Å². The minimum Gasteiger partial charge on any atom is -0.481 e. The van der Waals surface area contributed by atoms with Crippen LogP contribution < -0.4 is 5.73 Å². The lowest BCUT2D eigenvalue weighted by Gasteiger charge is -2.06. The quantitative estimate of drug-likeness (QED) is 0.690. The largest absolute Gasteiger partial charge is 0.481 e. The number of hydrogen-bond donors (Lipinski definition) is 2. The minimum absolute atomic E-state index is 0. The Morgan fingerprint density at radius 3 is 2.27 bits per heavy atom. The highest BCUT2D eigenvalue weighted by Crippen LogP contribution is 2.04. The van der Waals surface area contributed by atoms with Gasteiger partial charge in [-0.15, -0.1) is 12.4 Å². The Bertz CT molecular complexity index is 123. The van der Waals surface area contributed by atoms with Gasteiger partial charge in [-0.3, -0.25) is 4.79 Å². The average molecular weight is 190 g/mol. The van der Waals surface area contributed by atoms with Crippen LogP contribution in [0.4, 0.5) is 8.78 Å². The number of nitrogens with two attached hydrogens (primary N) is 1. The van der Waals surface area contributed by atoms with Gasteiger partial charge in [0.15, 0.2) is 0 Å².